The lowest BCUT2D eigenvalue weighted by molar-refractivity contribution is 0.0841. The molecule has 0 spiro atoms. The number of aromatic nitrogens is 3. The van der Waals surface area contributed by atoms with E-state index in [4.69, 9.17) is 4.74 Å². The molecule has 2 aromatic heterocycles. The summed E-state index contributed by atoms with van der Waals surface area (Å²) in [5, 5.41) is 13.5. The quantitative estimate of drug-likeness (QED) is 0.413. The molecule has 0 atom stereocenters. The van der Waals surface area contributed by atoms with Gasteiger partial charge in [-0.05, 0) is 36.2 Å². The van der Waals surface area contributed by atoms with Gasteiger partial charge in [0.05, 0.1) is 12.8 Å². The SMILES string of the molecule is CCCc1nn(NC(=O)O)c(C(=O)NNC(=O)c2ccncc2)c1-c1cccc(OC)c1. The minimum atomic E-state index is -1.40. The van der Waals surface area contributed by atoms with Gasteiger partial charge >= 0.3 is 6.09 Å². The predicted octanol–water partition coefficient (Wildman–Crippen LogP) is 2.20. The zero-order chi connectivity index (χ0) is 23.1. The Hall–Kier alpha value is -4.41. The summed E-state index contributed by atoms with van der Waals surface area (Å²) in [6, 6.07) is 9.94. The summed E-state index contributed by atoms with van der Waals surface area (Å²) in [5.74, 6) is -0.759. The molecule has 0 saturated carbocycles. The first-order chi connectivity index (χ1) is 15.4. The first-order valence-corrected chi connectivity index (χ1v) is 9.71. The molecule has 11 nitrogen and oxygen atoms in total. The van der Waals surface area contributed by atoms with Gasteiger partial charge < -0.3 is 9.84 Å². The van der Waals surface area contributed by atoms with E-state index in [1.165, 1.54) is 31.6 Å². The number of aryl methyl sites for hydroxylation is 1. The smallest absolute Gasteiger partial charge is 0.425 e. The fourth-order valence-electron chi connectivity index (χ4n) is 3.09. The van der Waals surface area contributed by atoms with Crippen molar-refractivity contribution >= 4 is 17.9 Å². The predicted molar refractivity (Wildman–Crippen MR) is 115 cm³/mol. The van der Waals surface area contributed by atoms with E-state index in [1.54, 1.807) is 24.3 Å². The minimum Gasteiger partial charge on any atom is -0.497 e. The van der Waals surface area contributed by atoms with Gasteiger partial charge in [0.15, 0.2) is 5.69 Å². The van der Waals surface area contributed by atoms with Gasteiger partial charge in [0.2, 0.25) is 0 Å². The first-order valence-electron chi connectivity index (χ1n) is 9.71. The first kappa shape index (κ1) is 22.3. The Balaban J connectivity index is 2.01. The lowest BCUT2D eigenvalue weighted by atomic mass is 10.00. The van der Waals surface area contributed by atoms with Crippen molar-refractivity contribution in [3.63, 3.8) is 0 Å². The highest BCUT2D eigenvalue weighted by atomic mass is 16.5. The fraction of sp³-hybridized carbons (Fsp3) is 0.190. The third-order valence-electron chi connectivity index (χ3n) is 4.45. The average Bonchev–Trinajstić information content (AvgIpc) is 3.15. The summed E-state index contributed by atoms with van der Waals surface area (Å²) in [5.41, 5.74) is 8.49. The second kappa shape index (κ2) is 10.1. The fourth-order valence-corrected chi connectivity index (χ4v) is 3.09. The van der Waals surface area contributed by atoms with Crippen molar-refractivity contribution in [3.05, 3.63) is 65.7 Å². The summed E-state index contributed by atoms with van der Waals surface area (Å²) in [7, 11) is 1.52. The molecule has 166 valence electrons. The largest absolute Gasteiger partial charge is 0.497 e. The standard InChI is InChI=1S/C21H22N6O5/c1-3-5-16-17(14-6-4-7-15(12-14)32-2)18(27(25-16)26-21(30)31)20(29)24-23-19(28)13-8-10-22-11-9-13/h4,6-12,26H,3,5H2,1-2H3,(H,23,28)(H,24,29)(H,30,31). The van der Waals surface area contributed by atoms with Crippen LogP contribution < -0.4 is 21.0 Å². The molecular weight excluding hydrogens is 416 g/mol. The Morgan fingerprint density at radius 3 is 2.47 bits per heavy atom. The molecule has 0 aliphatic carbocycles. The maximum Gasteiger partial charge on any atom is 0.425 e. The Kier molecular flexibility index (Phi) is 7.01. The van der Waals surface area contributed by atoms with Crippen molar-refractivity contribution in [1.82, 2.24) is 25.7 Å². The van der Waals surface area contributed by atoms with Crippen LogP contribution in [0.3, 0.4) is 0 Å². The Morgan fingerprint density at radius 2 is 1.81 bits per heavy atom. The van der Waals surface area contributed by atoms with Crippen LogP contribution >= 0.6 is 0 Å². The van der Waals surface area contributed by atoms with E-state index in [-0.39, 0.29) is 11.3 Å². The lowest BCUT2D eigenvalue weighted by Crippen LogP contribution is -2.43. The zero-order valence-corrected chi connectivity index (χ0v) is 17.5. The van der Waals surface area contributed by atoms with E-state index in [0.29, 0.717) is 35.4 Å². The van der Waals surface area contributed by atoms with E-state index in [9.17, 15) is 19.5 Å². The molecule has 0 saturated heterocycles. The average molecular weight is 438 g/mol. The number of hydrogen-bond donors (Lipinski definition) is 4. The van der Waals surface area contributed by atoms with Crippen LogP contribution in [0.4, 0.5) is 4.79 Å². The second-order valence-corrected chi connectivity index (χ2v) is 6.63. The number of methoxy groups -OCH3 is 1. The van der Waals surface area contributed by atoms with Gasteiger partial charge in [0.1, 0.15) is 5.75 Å². The van der Waals surface area contributed by atoms with Crippen LogP contribution in [-0.4, -0.2) is 45.0 Å². The molecule has 0 bridgehead atoms. The zero-order valence-electron chi connectivity index (χ0n) is 17.5. The molecule has 1 aromatic carbocycles. The Morgan fingerprint density at radius 1 is 1.09 bits per heavy atom. The summed E-state index contributed by atoms with van der Waals surface area (Å²) in [4.78, 5) is 41.4. The molecule has 0 aliphatic heterocycles. The molecule has 3 amide bonds. The van der Waals surface area contributed by atoms with Crippen molar-refractivity contribution in [1.29, 1.82) is 0 Å². The topological polar surface area (TPSA) is 147 Å². The van der Waals surface area contributed by atoms with Gasteiger partial charge in [-0.25, -0.2) is 10.2 Å². The molecular formula is C21H22N6O5. The number of pyridine rings is 1. The third kappa shape index (κ3) is 5.01. The lowest BCUT2D eigenvalue weighted by Gasteiger charge is -2.12. The van der Waals surface area contributed by atoms with Crippen molar-refractivity contribution < 1.29 is 24.2 Å². The Bertz CT molecular complexity index is 1130. The van der Waals surface area contributed by atoms with E-state index in [1.807, 2.05) is 6.92 Å². The van der Waals surface area contributed by atoms with Crippen molar-refractivity contribution in [2.75, 3.05) is 12.5 Å². The van der Waals surface area contributed by atoms with Crippen molar-refractivity contribution in [2.45, 2.75) is 19.8 Å². The summed E-state index contributed by atoms with van der Waals surface area (Å²) >= 11 is 0. The van der Waals surface area contributed by atoms with Gasteiger partial charge in [0.25, 0.3) is 11.8 Å². The number of amides is 3. The van der Waals surface area contributed by atoms with E-state index in [2.05, 4.69) is 26.4 Å². The summed E-state index contributed by atoms with van der Waals surface area (Å²) in [6.45, 7) is 1.94. The van der Waals surface area contributed by atoms with Crippen molar-refractivity contribution in [2.24, 2.45) is 0 Å². The van der Waals surface area contributed by atoms with Gasteiger partial charge in [-0.3, -0.25) is 25.4 Å². The monoisotopic (exact) mass is 438 g/mol. The molecule has 3 rings (SSSR count). The highest BCUT2D eigenvalue weighted by Gasteiger charge is 2.26. The van der Waals surface area contributed by atoms with Crippen LogP contribution in [0.2, 0.25) is 0 Å². The molecule has 0 unspecified atom stereocenters. The summed E-state index contributed by atoms with van der Waals surface area (Å²) in [6.07, 6.45) is 2.69. The van der Waals surface area contributed by atoms with Crippen LogP contribution in [-0.2, 0) is 6.42 Å². The van der Waals surface area contributed by atoms with Crippen LogP contribution in [0.1, 0.15) is 39.9 Å². The third-order valence-corrected chi connectivity index (χ3v) is 4.45. The molecule has 0 radical (unpaired) electrons. The number of carboxylic acid groups (broad SMARTS) is 1. The molecule has 4 N–H and O–H groups in total. The van der Waals surface area contributed by atoms with Crippen LogP contribution in [0.5, 0.6) is 5.75 Å². The van der Waals surface area contributed by atoms with Crippen LogP contribution in [0, 0.1) is 0 Å². The summed E-state index contributed by atoms with van der Waals surface area (Å²) < 4.78 is 5.28. The highest BCUT2D eigenvalue weighted by molar-refractivity contribution is 6.02. The number of benzene rings is 1. The number of carbonyl (C=O) groups is 3. The number of hydrazine groups is 1. The number of ether oxygens (including phenoxy) is 1. The van der Waals surface area contributed by atoms with E-state index >= 15 is 0 Å². The molecule has 32 heavy (non-hydrogen) atoms. The number of hydrogen-bond acceptors (Lipinski definition) is 6. The number of rotatable bonds is 7. The van der Waals surface area contributed by atoms with Gasteiger partial charge in [0, 0.05) is 23.5 Å². The number of nitrogens with one attached hydrogen (secondary N) is 3. The normalized spacial score (nSPS) is 10.3. The molecule has 11 heteroatoms. The molecule has 2 heterocycles. The molecule has 0 fully saturated rings. The maximum atomic E-state index is 13.1. The van der Waals surface area contributed by atoms with E-state index in [0.717, 1.165) is 4.79 Å². The van der Waals surface area contributed by atoms with Crippen LogP contribution in [0.25, 0.3) is 11.1 Å². The van der Waals surface area contributed by atoms with E-state index < -0.39 is 17.9 Å². The molecule has 3 aromatic rings. The van der Waals surface area contributed by atoms with Gasteiger partial charge in [-0.15, -0.1) is 0 Å². The van der Waals surface area contributed by atoms with Crippen molar-refractivity contribution in [3.8, 4) is 16.9 Å². The van der Waals surface area contributed by atoms with Crippen LogP contribution in [0.15, 0.2) is 48.8 Å². The minimum absolute atomic E-state index is 0.0841. The Labute approximate surface area is 183 Å². The second-order valence-electron chi connectivity index (χ2n) is 6.63. The maximum absolute atomic E-state index is 13.1. The number of carbonyl (C=O) groups excluding carboxylic acids is 2. The highest BCUT2D eigenvalue weighted by Crippen LogP contribution is 2.31. The van der Waals surface area contributed by atoms with Gasteiger partial charge in [-0.1, -0.05) is 25.5 Å². The van der Waals surface area contributed by atoms with Gasteiger partial charge in [-0.2, -0.15) is 9.89 Å². The number of nitrogens with zero attached hydrogens (tertiary/aromatic N) is 3. The molecule has 0 aliphatic rings.